The number of hydrogen-bond donors (Lipinski definition) is 1. The van der Waals surface area contributed by atoms with Crippen molar-refractivity contribution in [3.05, 3.63) is 83.8 Å². The number of alkyl halides is 3. The van der Waals surface area contributed by atoms with Crippen molar-refractivity contribution in [2.75, 3.05) is 5.32 Å². The van der Waals surface area contributed by atoms with Gasteiger partial charge in [-0.2, -0.15) is 18.3 Å². The summed E-state index contributed by atoms with van der Waals surface area (Å²) in [6, 6.07) is 12.5. The van der Waals surface area contributed by atoms with Gasteiger partial charge in [0.25, 0.3) is 0 Å². The van der Waals surface area contributed by atoms with E-state index in [0.717, 1.165) is 10.7 Å². The molecule has 0 aliphatic rings. The Kier molecular flexibility index (Phi) is 5.99. The molecule has 0 radical (unpaired) electrons. The molecule has 0 saturated heterocycles. The second-order valence-corrected chi connectivity index (χ2v) is 7.24. The highest BCUT2D eigenvalue weighted by Crippen LogP contribution is 2.34. The smallest absolute Gasteiger partial charge is 0.418 e. The van der Waals surface area contributed by atoms with Crippen molar-refractivity contribution >= 4 is 11.7 Å². The second-order valence-electron chi connectivity index (χ2n) is 7.24. The number of oxazole rings is 1. The Morgan fingerprint density at radius 1 is 1.12 bits per heavy atom. The number of para-hydroxylation sites is 1. The highest BCUT2D eigenvalue weighted by atomic mass is 19.4. The first-order valence-electron chi connectivity index (χ1n) is 9.95. The van der Waals surface area contributed by atoms with Crippen LogP contribution >= 0.6 is 0 Å². The van der Waals surface area contributed by atoms with E-state index >= 15 is 0 Å². The van der Waals surface area contributed by atoms with E-state index in [1.54, 1.807) is 25.1 Å². The van der Waals surface area contributed by atoms with Gasteiger partial charge in [-0.05, 0) is 31.2 Å². The standard InChI is InChI=1S/C23H18F4N4O2/c1-14-12-20(31(30-14)18-9-5-3-7-16(18)23(25,26)27)29-21(32)10-11-22-28-13-19(33-22)15-6-2-4-8-17(15)24/h2-9,12-13H,10-11H2,1H3,(H,29,32). The van der Waals surface area contributed by atoms with Crippen LogP contribution < -0.4 is 5.32 Å². The number of nitrogens with zero attached hydrogens (tertiary/aromatic N) is 3. The number of anilines is 1. The van der Waals surface area contributed by atoms with Crippen LogP contribution in [0.1, 0.15) is 23.6 Å². The largest absolute Gasteiger partial charge is 0.441 e. The minimum atomic E-state index is -4.58. The molecule has 0 aliphatic heterocycles. The minimum Gasteiger partial charge on any atom is -0.441 e. The van der Waals surface area contributed by atoms with Crippen LogP contribution in [0.3, 0.4) is 0 Å². The second kappa shape index (κ2) is 8.89. The van der Waals surface area contributed by atoms with Crippen molar-refractivity contribution < 1.29 is 26.8 Å². The normalized spacial score (nSPS) is 11.5. The lowest BCUT2D eigenvalue weighted by Crippen LogP contribution is -2.17. The molecule has 1 amide bonds. The Morgan fingerprint density at radius 2 is 1.85 bits per heavy atom. The molecule has 2 aromatic carbocycles. The third-order valence-corrected chi connectivity index (χ3v) is 4.80. The molecule has 0 saturated carbocycles. The summed E-state index contributed by atoms with van der Waals surface area (Å²) in [5.41, 5.74) is -0.382. The van der Waals surface area contributed by atoms with Crippen molar-refractivity contribution in [1.29, 1.82) is 0 Å². The van der Waals surface area contributed by atoms with Gasteiger partial charge in [-0.25, -0.2) is 14.1 Å². The number of hydrogen-bond acceptors (Lipinski definition) is 4. The SMILES string of the molecule is Cc1cc(NC(=O)CCc2ncc(-c3ccccc3F)o2)n(-c2ccccc2C(F)(F)F)n1. The Morgan fingerprint density at radius 3 is 2.61 bits per heavy atom. The molecule has 0 aliphatic carbocycles. The average Bonchev–Trinajstić information content (AvgIpc) is 3.38. The summed E-state index contributed by atoms with van der Waals surface area (Å²) in [7, 11) is 0. The maximum Gasteiger partial charge on any atom is 0.418 e. The summed E-state index contributed by atoms with van der Waals surface area (Å²) < 4.78 is 60.7. The van der Waals surface area contributed by atoms with Gasteiger partial charge in [0.05, 0.1) is 28.7 Å². The maximum atomic E-state index is 13.9. The summed E-state index contributed by atoms with van der Waals surface area (Å²) in [5.74, 6) is -0.350. The van der Waals surface area contributed by atoms with Gasteiger partial charge < -0.3 is 9.73 Å². The van der Waals surface area contributed by atoms with E-state index in [0.29, 0.717) is 5.69 Å². The molecule has 0 unspecified atom stereocenters. The van der Waals surface area contributed by atoms with Crippen LogP contribution in [0.15, 0.2) is 65.2 Å². The summed E-state index contributed by atoms with van der Waals surface area (Å²) in [6.07, 6.45) is -3.15. The summed E-state index contributed by atoms with van der Waals surface area (Å²) >= 11 is 0. The molecule has 2 aromatic heterocycles. The molecular formula is C23H18F4N4O2. The highest BCUT2D eigenvalue weighted by molar-refractivity contribution is 5.90. The molecule has 10 heteroatoms. The number of nitrogens with one attached hydrogen (secondary N) is 1. The number of aryl methyl sites for hydroxylation is 2. The third-order valence-electron chi connectivity index (χ3n) is 4.80. The van der Waals surface area contributed by atoms with Gasteiger partial charge in [-0.1, -0.05) is 24.3 Å². The predicted octanol–water partition coefficient (Wildman–Crippen LogP) is 5.56. The minimum absolute atomic E-state index is 0.0532. The van der Waals surface area contributed by atoms with Gasteiger partial charge in [-0.3, -0.25) is 4.79 Å². The number of aromatic nitrogens is 3. The molecule has 4 rings (SSSR count). The van der Waals surface area contributed by atoms with Gasteiger partial charge >= 0.3 is 6.18 Å². The summed E-state index contributed by atoms with van der Waals surface area (Å²) in [6.45, 7) is 1.61. The fourth-order valence-electron chi connectivity index (χ4n) is 3.31. The van der Waals surface area contributed by atoms with E-state index in [9.17, 15) is 22.4 Å². The van der Waals surface area contributed by atoms with Gasteiger partial charge in [0.15, 0.2) is 11.7 Å². The number of carbonyl (C=O) groups is 1. The van der Waals surface area contributed by atoms with Crippen LogP contribution in [-0.4, -0.2) is 20.7 Å². The summed E-state index contributed by atoms with van der Waals surface area (Å²) in [4.78, 5) is 16.6. The Hall–Kier alpha value is -3.95. The molecule has 4 aromatic rings. The lowest BCUT2D eigenvalue weighted by molar-refractivity contribution is -0.137. The topological polar surface area (TPSA) is 73.0 Å². The van der Waals surface area contributed by atoms with E-state index in [-0.39, 0.29) is 41.6 Å². The molecular weight excluding hydrogens is 440 g/mol. The first-order chi connectivity index (χ1) is 15.7. The Balaban J connectivity index is 1.48. The monoisotopic (exact) mass is 458 g/mol. The van der Waals surface area contributed by atoms with Crippen molar-refractivity contribution in [2.45, 2.75) is 25.9 Å². The first kappa shape index (κ1) is 22.3. The fraction of sp³-hybridized carbons (Fsp3) is 0.174. The van der Waals surface area contributed by atoms with Crippen molar-refractivity contribution in [2.24, 2.45) is 0 Å². The number of amides is 1. The zero-order valence-electron chi connectivity index (χ0n) is 17.4. The van der Waals surface area contributed by atoms with E-state index in [1.165, 1.54) is 36.5 Å². The predicted molar refractivity (Wildman–Crippen MR) is 112 cm³/mol. The van der Waals surface area contributed by atoms with E-state index in [2.05, 4.69) is 15.4 Å². The Labute approximate surface area is 185 Å². The maximum absolute atomic E-state index is 13.9. The molecule has 6 nitrogen and oxygen atoms in total. The quantitative estimate of drug-likeness (QED) is 0.384. The average molecular weight is 458 g/mol. The van der Waals surface area contributed by atoms with Crippen LogP contribution in [0.25, 0.3) is 17.0 Å². The van der Waals surface area contributed by atoms with Gasteiger partial charge in [0, 0.05) is 18.9 Å². The molecule has 170 valence electrons. The lowest BCUT2D eigenvalue weighted by atomic mass is 10.1. The van der Waals surface area contributed by atoms with Crippen molar-refractivity contribution in [3.63, 3.8) is 0 Å². The van der Waals surface area contributed by atoms with Crippen molar-refractivity contribution in [1.82, 2.24) is 14.8 Å². The van der Waals surface area contributed by atoms with Crippen LogP contribution in [-0.2, 0) is 17.4 Å². The van der Waals surface area contributed by atoms with Crippen LogP contribution in [0.4, 0.5) is 23.4 Å². The summed E-state index contributed by atoms with van der Waals surface area (Å²) in [5, 5.41) is 6.70. The molecule has 0 fully saturated rings. The molecule has 1 N–H and O–H groups in total. The zero-order chi connectivity index (χ0) is 23.6. The number of rotatable bonds is 6. The molecule has 2 heterocycles. The van der Waals surface area contributed by atoms with Gasteiger partial charge in [0.2, 0.25) is 5.91 Å². The molecule has 0 spiro atoms. The van der Waals surface area contributed by atoms with E-state index < -0.39 is 23.5 Å². The van der Waals surface area contributed by atoms with Gasteiger partial charge in [0.1, 0.15) is 11.6 Å². The highest BCUT2D eigenvalue weighted by Gasteiger charge is 2.34. The first-order valence-corrected chi connectivity index (χ1v) is 9.95. The molecule has 0 bridgehead atoms. The van der Waals surface area contributed by atoms with Crippen LogP contribution in [0.2, 0.25) is 0 Å². The number of halogens is 4. The fourth-order valence-corrected chi connectivity index (χ4v) is 3.31. The van der Waals surface area contributed by atoms with Gasteiger partial charge in [-0.15, -0.1) is 0 Å². The molecule has 0 atom stereocenters. The van der Waals surface area contributed by atoms with Crippen LogP contribution in [0.5, 0.6) is 0 Å². The van der Waals surface area contributed by atoms with Crippen LogP contribution in [0, 0.1) is 12.7 Å². The lowest BCUT2D eigenvalue weighted by Gasteiger charge is -2.15. The third kappa shape index (κ3) is 4.94. The van der Waals surface area contributed by atoms with Crippen molar-refractivity contribution in [3.8, 4) is 17.0 Å². The molecule has 33 heavy (non-hydrogen) atoms. The Bertz CT molecular complexity index is 1290. The number of benzene rings is 2. The number of carbonyl (C=O) groups excluding carboxylic acids is 1. The zero-order valence-corrected chi connectivity index (χ0v) is 17.4. The van der Waals surface area contributed by atoms with E-state index in [1.807, 2.05) is 0 Å². The van der Waals surface area contributed by atoms with E-state index in [4.69, 9.17) is 4.42 Å².